The van der Waals surface area contributed by atoms with Crippen molar-refractivity contribution >= 4 is 50.5 Å². The maximum atomic E-state index is 6.39. The van der Waals surface area contributed by atoms with Gasteiger partial charge in [-0.15, -0.1) is 0 Å². The van der Waals surface area contributed by atoms with Crippen molar-refractivity contribution in [2.24, 2.45) is 0 Å². The van der Waals surface area contributed by atoms with Crippen LogP contribution >= 0.6 is 0 Å². The first-order valence-corrected chi connectivity index (χ1v) is 16.5. The summed E-state index contributed by atoms with van der Waals surface area (Å²) in [6.45, 7) is 0. The van der Waals surface area contributed by atoms with Crippen LogP contribution in [-0.4, -0.2) is 23.2 Å². The van der Waals surface area contributed by atoms with E-state index in [-0.39, 0.29) is 0 Å². The van der Waals surface area contributed by atoms with Crippen molar-refractivity contribution in [3.05, 3.63) is 67.0 Å². The van der Waals surface area contributed by atoms with Gasteiger partial charge in [0.05, 0.1) is 0 Å². The summed E-state index contributed by atoms with van der Waals surface area (Å²) in [6.07, 6.45) is 3.85. The van der Waals surface area contributed by atoms with E-state index in [1.165, 1.54) is 9.91 Å². The summed E-state index contributed by atoms with van der Waals surface area (Å²) < 4.78 is 7.56. The van der Waals surface area contributed by atoms with E-state index in [1.54, 1.807) is 0 Å². The van der Waals surface area contributed by atoms with Gasteiger partial charge in [-0.3, -0.25) is 0 Å². The van der Waals surface area contributed by atoms with Crippen molar-refractivity contribution in [1.82, 2.24) is 9.97 Å². The average Bonchev–Trinajstić information content (AvgIpc) is 3.07. The van der Waals surface area contributed by atoms with E-state index in [4.69, 9.17) is 14.4 Å². The van der Waals surface area contributed by atoms with Gasteiger partial charge in [0.1, 0.15) is 0 Å². The van der Waals surface area contributed by atoms with Gasteiger partial charge in [0, 0.05) is 0 Å². The Balaban J connectivity index is 1.77. The molecule has 0 aliphatic rings. The number of para-hydroxylation sites is 1. The predicted octanol–water partition coefficient (Wildman–Crippen LogP) is 5.74. The molecule has 4 heteroatoms. The molecule has 2 heterocycles. The fraction of sp³-hybridized carbons (Fsp3) is 0.130. The van der Waals surface area contributed by atoms with E-state index in [9.17, 15) is 0 Å². The zero-order valence-electron chi connectivity index (χ0n) is 15.7. The molecule has 0 atom stereocenters. The van der Waals surface area contributed by atoms with Gasteiger partial charge in [-0.2, -0.15) is 0 Å². The van der Waals surface area contributed by atoms with Crippen LogP contribution in [0.15, 0.2) is 71.4 Å². The maximum absolute atomic E-state index is 6.39. The first kappa shape index (κ1) is 16.5. The molecule has 5 aromatic rings. The SMILES string of the molecule is [CH3][Ge]([CH3])([CH3])[c]1cnc(-c2cccc3c2oc2c4ccccc4ccc32)cn1. The van der Waals surface area contributed by atoms with Gasteiger partial charge < -0.3 is 0 Å². The van der Waals surface area contributed by atoms with E-state index < -0.39 is 13.3 Å². The second-order valence-electron chi connectivity index (χ2n) is 7.98. The third kappa shape index (κ3) is 2.65. The molecule has 0 aliphatic heterocycles. The third-order valence-electron chi connectivity index (χ3n) is 5.09. The number of hydrogen-bond donors (Lipinski definition) is 0. The molecule has 0 spiro atoms. The Hall–Kier alpha value is -2.66. The Morgan fingerprint density at radius 3 is 2.26 bits per heavy atom. The molecule has 0 radical (unpaired) electrons. The fourth-order valence-electron chi connectivity index (χ4n) is 3.58. The first-order valence-electron chi connectivity index (χ1n) is 9.18. The van der Waals surface area contributed by atoms with E-state index >= 15 is 0 Å². The number of benzene rings is 3. The number of fused-ring (bicyclic) bond motifs is 5. The molecule has 0 bridgehead atoms. The van der Waals surface area contributed by atoms with Crippen LogP contribution < -0.4 is 4.53 Å². The molecule has 0 saturated heterocycles. The summed E-state index contributed by atoms with van der Waals surface area (Å²) in [7, 11) is 0. The van der Waals surface area contributed by atoms with E-state index in [0.717, 1.165) is 38.6 Å². The molecule has 0 aliphatic carbocycles. The molecule has 0 fully saturated rings. The van der Waals surface area contributed by atoms with Crippen molar-refractivity contribution in [2.75, 3.05) is 0 Å². The van der Waals surface area contributed by atoms with Gasteiger partial charge in [-0.05, 0) is 0 Å². The molecule has 132 valence electrons. The van der Waals surface area contributed by atoms with Crippen molar-refractivity contribution in [3.63, 3.8) is 0 Å². The summed E-state index contributed by atoms with van der Waals surface area (Å²) in [5, 5.41) is 4.58. The quantitative estimate of drug-likeness (QED) is 0.347. The zero-order valence-corrected chi connectivity index (χ0v) is 17.8. The minimum atomic E-state index is -1.97. The summed E-state index contributed by atoms with van der Waals surface area (Å²) in [5.74, 6) is 6.98. The van der Waals surface area contributed by atoms with Gasteiger partial charge in [-0.25, -0.2) is 0 Å². The Morgan fingerprint density at radius 2 is 1.48 bits per heavy atom. The number of hydrogen-bond acceptors (Lipinski definition) is 3. The predicted molar refractivity (Wildman–Crippen MR) is 115 cm³/mol. The number of rotatable bonds is 2. The van der Waals surface area contributed by atoms with E-state index in [1.807, 2.05) is 12.4 Å². The molecule has 5 rings (SSSR count). The Morgan fingerprint density at radius 1 is 0.704 bits per heavy atom. The molecule has 0 saturated carbocycles. The van der Waals surface area contributed by atoms with Crippen LogP contribution in [0.1, 0.15) is 0 Å². The number of aromatic nitrogens is 2. The summed E-state index contributed by atoms with van der Waals surface area (Å²) >= 11 is -1.97. The average molecular weight is 413 g/mol. The molecular weight excluding hydrogens is 393 g/mol. The Labute approximate surface area is 160 Å². The molecule has 0 amide bonds. The fourth-order valence-corrected chi connectivity index (χ4v) is 5.48. The topological polar surface area (TPSA) is 38.9 Å². The summed E-state index contributed by atoms with van der Waals surface area (Å²) in [5.41, 5.74) is 3.67. The Kier molecular flexibility index (Phi) is 3.62. The summed E-state index contributed by atoms with van der Waals surface area (Å²) in [6, 6.07) is 18.9. The number of nitrogens with zero attached hydrogens (tertiary/aromatic N) is 2. The molecule has 0 N–H and O–H groups in total. The molecule has 2 aromatic heterocycles. The molecule has 27 heavy (non-hydrogen) atoms. The molecule has 3 nitrogen and oxygen atoms in total. The monoisotopic (exact) mass is 414 g/mol. The van der Waals surface area contributed by atoms with Crippen molar-refractivity contribution in [3.8, 4) is 11.3 Å². The van der Waals surface area contributed by atoms with Gasteiger partial charge in [-0.1, -0.05) is 0 Å². The van der Waals surface area contributed by atoms with E-state index in [2.05, 4.69) is 71.9 Å². The van der Waals surface area contributed by atoms with Gasteiger partial charge in [0.2, 0.25) is 0 Å². The van der Waals surface area contributed by atoms with Crippen molar-refractivity contribution < 1.29 is 4.42 Å². The van der Waals surface area contributed by atoms with Crippen LogP contribution in [-0.2, 0) is 0 Å². The van der Waals surface area contributed by atoms with Crippen LogP contribution in [0.5, 0.6) is 0 Å². The van der Waals surface area contributed by atoms with Gasteiger partial charge in [0.15, 0.2) is 0 Å². The van der Waals surface area contributed by atoms with Crippen LogP contribution in [0, 0.1) is 0 Å². The Bertz CT molecular complexity index is 1300. The standard InChI is InChI=1S/C23H20GeN2O/c1-24(2,3)21-14-25-20(13-26-21)19-10-6-9-17-18-12-11-15-7-4-5-8-16(15)22(18)27-23(17)19/h4-14H,1-3H3. The first-order chi connectivity index (χ1) is 13.0. The van der Waals surface area contributed by atoms with Crippen molar-refractivity contribution in [2.45, 2.75) is 17.3 Å². The minimum absolute atomic E-state index is 0.861. The number of furan rings is 1. The normalized spacial score (nSPS) is 12.3. The summed E-state index contributed by atoms with van der Waals surface area (Å²) in [4.78, 5) is 9.44. The van der Waals surface area contributed by atoms with Crippen molar-refractivity contribution in [1.29, 1.82) is 0 Å². The van der Waals surface area contributed by atoms with Crippen LogP contribution in [0.3, 0.4) is 0 Å². The molecular formula is C23H20GeN2O. The van der Waals surface area contributed by atoms with E-state index in [0.29, 0.717) is 0 Å². The van der Waals surface area contributed by atoms with Gasteiger partial charge in [0.25, 0.3) is 0 Å². The van der Waals surface area contributed by atoms with Crippen LogP contribution in [0.25, 0.3) is 44.0 Å². The van der Waals surface area contributed by atoms with Crippen LogP contribution in [0.4, 0.5) is 0 Å². The van der Waals surface area contributed by atoms with Gasteiger partial charge >= 0.3 is 160 Å². The zero-order chi connectivity index (χ0) is 18.6. The third-order valence-corrected chi connectivity index (χ3v) is 8.85. The second-order valence-corrected chi connectivity index (χ2v) is 18.5. The van der Waals surface area contributed by atoms with Crippen LogP contribution in [0.2, 0.25) is 17.3 Å². The molecule has 0 unspecified atom stereocenters. The molecule has 3 aromatic carbocycles. The second kappa shape index (κ2) is 5.93.